The number of halogens is 2. The molecule has 2 N–H and O–H groups in total. The number of nitrogens with two attached hydrogens (primary N) is 1. The molecule has 0 heterocycles. The molecule has 1 aliphatic carbocycles. The largest absolute Gasteiger partial charge is 0.327 e. The molecule has 1 unspecified atom stereocenters. The summed E-state index contributed by atoms with van der Waals surface area (Å²) in [5.74, 6) is -1.88. The monoisotopic (exact) mass is 289 g/mol. The Bertz CT molecular complexity index is 554. The lowest BCUT2D eigenvalue weighted by molar-refractivity contribution is 0.453. The molecule has 6 heteroatoms. The second kappa shape index (κ2) is 5.54. The highest BCUT2D eigenvalue weighted by Crippen LogP contribution is 2.28. The van der Waals surface area contributed by atoms with Crippen molar-refractivity contribution in [2.45, 2.75) is 36.6 Å². The van der Waals surface area contributed by atoms with Gasteiger partial charge < -0.3 is 5.73 Å². The standard InChI is InChI=1S/C13H17F2NO2S/c14-10-5-6-11(15)13(7-10)19(17,18)8-12(16)9-3-1-2-4-9/h5-7,9,12H,1-4,8,16H2. The predicted octanol–water partition coefficient (Wildman–Crippen LogP) is 2.26. The smallest absolute Gasteiger partial charge is 0.182 e. The molecule has 0 spiro atoms. The zero-order valence-corrected chi connectivity index (χ0v) is 11.3. The molecular formula is C13H17F2NO2S. The lowest BCUT2D eigenvalue weighted by atomic mass is 10.0. The minimum atomic E-state index is -3.89. The molecule has 106 valence electrons. The fraction of sp³-hybridized carbons (Fsp3) is 0.538. The van der Waals surface area contributed by atoms with E-state index < -0.39 is 32.4 Å². The molecule has 19 heavy (non-hydrogen) atoms. The summed E-state index contributed by atoms with van der Waals surface area (Å²) in [5.41, 5.74) is 5.90. The summed E-state index contributed by atoms with van der Waals surface area (Å²) in [4.78, 5) is -0.596. The summed E-state index contributed by atoms with van der Waals surface area (Å²) in [6.07, 6.45) is 3.91. The summed E-state index contributed by atoms with van der Waals surface area (Å²) in [6.45, 7) is 0. The lowest BCUT2D eigenvalue weighted by Crippen LogP contribution is -2.36. The number of hydrogen-bond acceptors (Lipinski definition) is 3. The zero-order valence-electron chi connectivity index (χ0n) is 10.5. The van der Waals surface area contributed by atoms with Crippen molar-refractivity contribution < 1.29 is 17.2 Å². The second-order valence-corrected chi connectivity index (χ2v) is 7.07. The van der Waals surface area contributed by atoms with Gasteiger partial charge in [0.05, 0.1) is 5.75 Å². The number of benzene rings is 1. The van der Waals surface area contributed by atoms with Crippen LogP contribution >= 0.6 is 0 Å². The summed E-state index contributed by atoms with van der Waals surface area (Å²) in [7, 11) is -3.89. The first kappa shape index (κ1) is 14.4. The molecule has 1 aliphatic rings. The van der Waals surface area contributed by atoms with E-state index in [9.17, 15) is 17.2 Å². The molecule has 0 amide bonds. The van der Waals surface area contributed by atoms with Gasteiger partial charge in [-0.25, -0.2) is 17.2 Å². The Morgan fingerprint density at radius 2 is 1.89 bits per heavy atom. The van der Waals surface area contributed by atoms with E-state index in [1.807, 2.05) is 0 Å². The molecule has 1 aromatic carbocycles. The van der Waals surface area contributed by atoms with Crippen molar-refractivity contribution in [3.8, 4) is 0 Å². The maximum Gasteiger partial charge on any atom is 0.182 e. The Labute approximate surface area is 111 Å². The van der Waals surface area contributed by atoms with Crippen molar-refractivity contribution in [2.24, 2.45) is 11.7 Å². The normalized spacial score (nSPS) is 18.7. The third-order valence-corrected chi connectivity index (χ3v) is 5.45. The summed E-state index contributed by atoms with van der Waals surface area (Å²) in [6, 6.07) is 1.91. The van der Waals surface area contributed by atoms with E-state index in [2.05, 4.69) is 0 Å². The van der Waals surface area contributed by atoms with Gasteiger partial charge in [0, 0.05) is 6.04 Å². The van der Waals surface area contributed by atoms with E-state index in [1.165, 1.54) is 0 Å². The molecule has 3 nitrogen and oxygen atoms in total. The van der Waals surface area contributed by atoms with Crippen LogP contribution in [0, 0.1) is 17.6 Å². The van der Waals surface area contributed by atoms with E-state index >= 15 is 0 Å². The highest BCUT2D eigenvalue weighted by molar-refractivity contribution is 7.91. The Hall–Kier alpha value is -1.01. The van der Waals surface area contributed by atoms with Crippen molar-refractivity contribution >= 4 is 9.84 Å². The highest BCUT2D eigenvalue weighted by Gasteiger charge is 2.29. The minimum absolute atomic E-state index is 0.159. The van der Waals surface area contributed by atoms with Crippen molar-refractivity contribution in [1.29, 1.82) is 0 Å². The molecule has 0 bridgehead atoms. The van der Waals surface area contributed by atoms with E-state index in [0.717, 1.165) is 37.8 Å². The minimum Gasteiger partial charge on any atom is -0.327 e. The van der Waals surface area contributed by atoms with Crippen LogP contribution < -0.4 is 5.73 Å². The molecule has 0 aromatic heterocycles. The Morgan fingerprint density at radius 1 is 1.26 bits per heavy atom. The molecule has 0 saturated heterocycles. The van der Waals surface area contributed by atoms with Gasteiger partial charge in [-0.15, -0.1) is 0 Å². The van der Waals surface area contributed by atoms with Gasteiger partial charge >= 0.3 is 0 Å². The van der Waals surface area contributed by atoms with E-state index in [1.54, 1.807) is 0 Å². The van der Waals surface area contributed by atoms with Crippen LogP contribution in [0.2, 0.25) is 0 Å². The molecule has 0 aliphatic heterocycles. The van der Waals surface area contributed by atoms with Gasteiger partial charge in [0.25, 0.3) is 0 Å². The molecule has 1 aromatic rings. The molecular weight excluding hydrogens is 272 g/mol. The third-order valence-electron chi connectivity index (χ3n) is 3.65. The van der Waals surface area contributed by atoms with Gasteiger partial charge in [0.2, 0.25) is 0 Å². The van der Waals surface area contributed by atoms with Gasteiger partial charge in [-0.2, -0.15) is 0 Å². The van der Waals surface area contributed by atoms with Crippen molar-refractivity contribution in [3.05, 3.63) is 29.8 Å². The fourth-order valence-electron chi connectivity index (χ4n) is 2.58. The molecule has 2 rings (SSSR count). The Kier molecular flexibility index (Phi) is 4.20. The molecule has 1 saturated carbocycles. The van der Waals surface area contributed by atoms with Crippen LogP contribution in [-0.2, 0) is 9.84 Å². The first-order valence-corrected chi connectivity index (χ1v) is 7.99. The maximum absolute atomic E-state index is 13.5. The summed E-state index contributed by atoms with van der Waals surface area (Å²) >= 11 is 0. The van der Waals surface area contributed by atoms with Crippen LogP contribution in [0.5, 0.6) is 0 Å². The van der Waals surface area contributed by atoms with Crippen LogP contribution in [-0.4, -0.2) is 20.2 Å². The molecule has 1 fully saturated rings. The third kappa shape index (κ3) is 3.30. The van der Waals surface area contributed by atoms with Crippen LogP contribution in [0.1, 0.15) is 25.7 Å². The molecule has 0 radical (unpaired) electrons. The Morgan fingerprint density at radius 3 is 2.53 bits per heavy atom. The second-order valence-electron chi connectivity index (χ2n) is 5.06. The van der Waals surface area contributed by atoms with Crippen LogP contribution in [0.25, 0.3) is 0 Å². The lowest BCUT2D eigenvalue weighted by Gasteiger charge is -2.18. The van der Waals surface area contributed by atoms with Crippen molar-refractivity contribution in [1.82, 2.24) is 0 Å². The van der Waals surface area contributed by atoms with E-state index in [4.69, 9.17) is 5.73 Å². The van der Waals surface area contributed by atoms with Crippen LogP contribution in [0.4, 0.5) is 8.78 Å². The predicted molar refractivity (Wildman–Crippen MR) is 68.3 cm³/mol. The van der Waals surface area contributed by atoms with Crippen LogP contribution in [0.3, 0.4) is 0 Å². The zero-order chi connectivity index (χ0) is 14.0. The van der Waals surface area contributed by atoms with Gasteiger partial charge in [0.1, 0.15) is 16.5 Å². The summed E-state index contributed by atoms with van der Waals surface area (Å²) in [5, 5.41) is 0. The topological polar surface area (TPSA) is 60.2 Å². The van der Waals surface area contributed by atoms with Crippen LogP contribution in [0.15, 0.2) is 23.1 Å². The van der Waals surface area contributed by atoms with Gasteiger partial charge in [-0.05, 0) is 37.0 Å². The van der Waals surface area contributed by atoms with Crippen molar-refractivity contribution in [3.63, 3.8) is 0 Å². The number of rotatable bonds is 4. The SMILES string of the molecule is NC(CS(=O)(=O)c1cc(F)ccc1F)C1CCCC1. The van der Waals surface area contributed by atoms with Crippen molar-refractivity contribution in [2.75, 3.05) is 5.75 Å². The highest BCUT2D eigenvalue weighted by atomic mass is 32.2. The number of hydrogen-bond donors (Lipinski definition) is 1. The van der Waals surface area contributed by atoms with Gasteiger partial charge in [-0.3, -0.25) is 0 Å². The quantitative estimate of drug-likeness (QED) is 0.925. The van der Waals surface area contributed by atoms with Gasteiger partial charge in [-0.1, -0.05) is 12.8 Å². The average molecular weight is 289 g/mol. The molecule has 1 atom stereocenters. The van der Waals surface area contributed by atoms with E-state index in [-0.39, 0.29) is 11.7 Å². The van der Waals surface area contributed by atoms with Gasteiger partial charge in [0.15, 0.2) is 9.84 Å². The first-order chi connectivity index (χ1) is 8.90. The summed E-state index contributed by atoms with van der Waals surface area (Å²) < 4.78 is 50.7. The fourth-order valence-corrected chi connectivity index (χ4v) is 4.20. The number of sulfone groups is 1. The first-order valence-electron chi connectivity index (χ1n) is 6.33. The van der Waals surface area contributed by atoms with E-state index in [0.29, 0.717) is 6.07 Å². The average Bonchev–Trinajstić information content (AvgIpc) is 2.85. The maximum atomic E-state index is 13.5. The Balaban J connectivity index is 2.19.